The maximum Gasteiger partial charge on any atom is 0.331 e. The predicted octanol–water partition coefficient (Wildman–Crippen LogP) is 5.58. The van der Waals surface area contributed by atoms with Gasteiger partial charge in [0, 0.05) is 30.8 Å². The van der Waals surface area contributed by atoms with Gasteiger partial charge < -0.3 is 9.05 Å². The Kier molecular flexibility index (Phi) is 8.87. The minimum absolute atomic E-state index is 0.127. The van der Waals surface area contributed by atoms with Crippen LogP contribution in [0.4, 0.5) is 8.78 Å². The van der Waals surface area contributed by atoms with Gasteiger partial charge in [-0.2, -0.15) is 0 Å². The number of rotatable bonds is 9. The van der Waals surface area contributed by atoms with Crippen molar-refractivity contribution < 1.29 is 27.2 Å². The van der Waals surface area contributed by atoms with Gasteiger partial charge in [0.1, 0.15) is 11.6 Å². The molecule has 0 radical (unpaired) electrons. The first-order valence-corrected chi connectivity index (χ1v) is 12.6. The lowest BCUT2D eigenvalue weighted by Gasteiger charge is -2.30. The first kappa shape index (κ1) is 25.2. The van der Waals surface area contributed by atoms with Crippen molar-refractivity contribution >= 4 is 25.5 Å². The van der Waals surface area contributed by atoms with E-state index in [0.29, 0.717) is 41.9 Å². The van der Waals surface area contributed by atoms with E-state index in [1.54, 1.807) is 50.3 Å². The van der Waals surface area contributed by atoms with Crippen LogP contribution in [0.1, 0.15) is 25.0 Å². The van der Waals surface area contributed by atoms with E-state index in [-0.39, 0.29) is 36.8 Å². The Bertz CT molecular complexity index is 987. The maximum atomic E-state index is 13.3. The van der Waals surface area contributed by atoms with E-state index in [1.807, 2.05) is 4.90 Å². The third-order valence-corrected chi connectivity index (χ3v) is 7.19. The van der Waals surface area contributed by atoms with Crippen molar-refractivity contribution in [3.63, 3.8) is 0 Å². The van der Waals surface area contributed by atoms with Crippen LogP contribution in [-0.2, 0) is 18.4 Å². The van der Waals surface area contributed by atoms with E-state index in [1.165, 1.54) is 24.3 Å². The van der Waals surface area contributed by atoms with Crippen molar-refractivity contribution in [2.24, 2.45) is 0 Å². The van der Waals surface area contributed by atoms with E-state index in [0.717, 1.165) is 0 Å². The predicted molar refractivity (Wildman–Crippen MR) is 126 cm³/mol. The number of likely N-dealkylation sites (tertiary alicyclic amines) is 1. The molecule has 1 saturated heterocycles. The summed E-state index contributed by atoms with van der Waals surface area (Å²) in [6, 6.07) is 11.8. The molecule has 1 aliphatic rings. The number of carbonyl (C=O) groups is 1. The molecule has 0 saturated carbocycles. The number of hydrogen-bond acceptors (Lipinski definition) is 5. The summed E-state index contributed by atoms with van der Waals surface area (Å²) in [5.74, 6) is -0.834. The molecule has 0 bridgehead atoms. The molecule has 0 aliphatic carbocycles. The van der Waals surface area contributed by atoms with Gasteiger partial charge in [0.2, 0.25) is 0 Å². The molecule has 2 aromatic carbocycles. The van der Waals surface area contributed by atoms with Crippen molar-refractivity contribution in [1.82, 2.24) is 4.90 Å². The molecule has 0 aromatic heterocycles. The first-order chi connectivity index (χ1) is 15.8. The summed E-state index contributed by atoms with van der Waals surface area (Å²) in [5, 5.41) is 0. The number of halogens is 2. The summed E-state index contributed by atoms with van der Waals surface area (Å²) in [4.78, 5) is 15.2. The number of piperidine rings is 1. The Labute approximate surface area is 193 Å². The molecule has 0 N–H and O–H groups in total. The second kappa shape index (κ2) is 11.6. The molecular formula is C25H28F2NO4P. The number of hydrogen-bond donors (Lipinski definition) is 0. The Balaban J connectivity index is 1.88. The minimum Gasteiger partial charge on any atom is -0.309 e. The topological polar surface area (TPSA) is 55.8 Å². The molecule has 1 heterocycles. The molecule has 0 amide bonds. The van der Waals surface area contributed by atoms with Crippen molar-refractivity contribution in [3.8, 4) is 0 Å². The molecule has 33 heavy (non-hydrogen) atoms. The van der Waals surface area contributed by atoms with Crippen molar-refractivity contribution in [3.05, 3.63) is 82.4 Å². The molecule has 0 unspecified atom stereocenters. The molecular weight excluding hydrogens is 447 g/mol. The summed E-state index contributed by atoms with van der Waals surface area (Å²) in [7, 11) is -3.23. The fourth-order valence-electron chi connectivity index (χ4n) is 3.61. The second-order valence-corrected chi connectivity index (χ2v) is 9.84. The van der Waals surface area contributed by atoms with Gasteiger partial charge in [-0.25, -0.2) is 8.78 Å². The Morgan fingerprint density at radius 1 is 0.848 bits per heavy atom. The van der Waals surface area contributed by atoms with Gasteiger partial charge in [-0.3, -0.25) is 14.3 Å². The highest BCUT2D eigenvalue weighted by Crippen LogP contribution is 2.47. The SMILES string of the molecule is CCOP(=O)(CCN1C/C(=C\c2ccc(F)cc2)C(=O)/C(=C/c2ccc(F)cc2)C1)OCC. The van der Waals surface area contributed by atoms with Gasteiger partial charge in [0.05, 0.1) is 19.4 Å². The van der Waals surface area contributed by atoms with Crippen LogP contribution < -0.4 is 0 Å². The summed E-state index contributed by atoms with van der Waals surface area (Å²) >= 11 is 0. The Morgan fingerprint density at radius 3 is 1.67 bits per heavy atom. The molecule has 0 atom stereocenters. The van der Waals surface area contributed by atoms with E-state index in [9.17, 15) is 18.1 Å². The van der Waals surface area contributed by atoms with Crippen molar-refractivity contribution in [2.75, 3.05) is 39.0 Å². The van der Waals surface area contributed by atoms with Crippen LogP contribution in [0.3, 0.4) is 0 Å². The highest BCUT2D eigenvalue weighted by Gasteiger charge is 2.29. The molecule has 5 nitrogen and oxygen atoms in total. The maximum absolute atomic E-state index is 13.3. The highest BCUT2D eigenvalue weighted by atomic mass is 31.2. The standard InChI is InChI=1S/C25H28F2NO4P/c1-3-31-33(30,32-4-2)14-13-28-17-21(15-19-5-9-23(26)10-6-19)25(29)22(18-28)16-20-7-11-24(27)12-8-20/h5-12,15-16H,3-4,13-14,17-18H2,1-2H3/b21-15+,22-16+. The van der Waals surface area contributed by atoms with Gasteiger partial charge in [-0.15, -0.1) is 0 Å². The summed E-state index contributed by atoms with van der Waals surface area (Å²) in [6.07, 6.45) is 3.66. The third-order valence-electron chi connectivity index (χ3n) is 5.13. The molecule has 2 aromatic rings. The van der Waals surface area contributed by atoms with Crippen LogP contribution >= 0.6 is 7.60 Å². The lowest BCUT2D eigenvalue weighted by molar-refractivity contribution is -0.113. The van der Waals surface area contributed by atoms with Gasteiger partial charge in [0.25, 0.3) is 0 Å². The summed E-state index contributed by atoms with van der Waals surface area (Å²) in [6.45, 7) is 5.16. The number of Topliss-reactive ketones (excluding diaryl/α,β-unsaturated/α-hetero) is 1. The molecule has 8 heteroatoms. The second-order valence-electron chi connectivity index (χ2n) is 7.65. The molecule has 0 spiro atoms. The monoisotopic (exact) mass is 475 g/mol. The zero-order valence-electron chi connectivity index (χ0n) is 18.8. The fraction of sp³-hybridized carbons (Fsp3) is 0.320. The van der Waals surface area contributed by atoms with E-state index < -0.39 is 7.60 Å². The van der Waals surface area contributed by atoms with Crippen molar-refractivity contribution in [1.29, 1.82) is 0 Å². The van der Waals surface area contributed by atoms with Gasteiger partial charge >= 0.3 is 7.60 Å². The minimum atomic E-state index is -3.23. The Morgan fingerprint density at radius 2 is 1.27 bits per heavy atom. The largest absolute Gasteiger partial charge is 0.331 e. The quantitative estimate of drug-likeness (QED) is 0.350. The van der Waals surface area contributed by atoms with Crippen LogP contribution in [0.15, 0.2) is 59.7 Å². The zero-order chi connectivity index (χ0) is 23.8. The molecule has 3 rings (SSSR count). The average Bonchev–Trinajstić information content (AvgIpc) is 2.78. The highest BCUT2D eigenvalue weighted by molar-refractivity contribution is 7.53. The lowest BCUT2D eigenvalue weighted by atomic mass is 9.94. The van der Waals surface area contributed by atoms with Crippen molar-refractivity contribution in [2.45, 2.75) is 13.8 Å². The van der Waals surface area contributed by atoms with Gasteiger partial charge in [0.15, 0.2) is 5.78 Å². The number of nitrogens with zero attached hydrogens (tertiary/aromatic N) is 1. The van der Waals surface area contributed by atoms with E-state index in [2.05, 4.69) is 0 Å². The van der Waals surface area contributed by atoms with Gasteiger partial charge in [-0.05, 0) is 61.4 Å². The fourth-order valence-corrected chi connectivity index (χ4v) is 5.26. The lowest BCUT2D eigenvalue weighted by Crippen LogP contribution is -2.39. The molecule has 1 fully saturated rings. The van der Waals surface area contributed by atoms with Gasteiger partial charge in [-0.1, -0.05) is 24.3 Å². The summed E-state index contributed by atoms with van der Waals surface area (Å²) < 4.78 is 50.3. The van der Waals surface area contributed by atoms with E-state index >= 15 is 0 Å². The van der Waals surface area contributed by atoms with Crippen LogP contribution in [0.2, 0.25) is 0 Å². The Hall–Kier alpha value is -2.44. The number of carbonyl (C=O) groups excluding carboxylic acids is 1. The van der Waals surface area contributed by atoms with Crippen LogP contribution in [-0.4, -0.2) is 49.7 Å². The number of benzene rings is 2. The molecule has 1 aliphatic heterocycles. The molecule has 176 valence electrons. The average molecular weight is 475 g/mol. The van der Waals surface area contributed by atoms with Crippen LogP contribution in [0.25, 0.3) is 12.2 Å². The number of ketones is 1. The third kappa shape index (κ3) is 7.27. The summed E-state index contributed by atoms with van der Waals surface area (Å²) in [5.41, 5.74) is 2.47. The smallest absolute Gasteiger partial charge is 0.309 e. The normalized spacial score (nSPS) is 17.8. The zero-order valence-corrected chi connectivity index (χ0v) is 19.7. The van der Waals surface area contributed by atoms with Crippen LogP contribution in [0, 0.1) is 11.6 Å². The van der Waals surface area contributed by atoms with E-state index in [4.69, 9.17) is 9.05 Å². The van der Waals surface area contributed by atoms with Crippen LogP contribution in [0.5, 0.6) is 0 Å². The first-order valence-electron chi connectivity index (χ1n) is 10.9.